The van der Waals surface area contributed by atoms with Crippen LogP contribution in [0.15, 0.2) is 42.5 Å². The van der Waals surface area contributed by atoms with Crippen LogP contribution in [0.1, 0.15) is 63.9 Å². The summed E-state index contributed by atoms with van der Waals surface area (Å²) in [5, 5.41) is 0. The molecule has 0 aromatic heterocycles. The van der Waals surface area contributed by atoms with Crippen molar-refractivity contribution in [1.82, 2.24) is 0 Å². The third-order valence-electron chi connectivity index (χ3n) is 6.12. The molecule has 0 saturated heterocycles. The van der Waals surface area contributed by atoms with Crippen molar-refractivity contribution in [2.24, 2.45) is 17.8 Å². The van der Waals surface area contributed by atoms with Crippen LogP contribution in [0, 0.1) is 23.6 Å². The summed E-state index contributed by atoms with van der Waals surface area (Å²) >= 11 is 0. The van der Waals surface area contributed by atoms with Crippen LogP contribution >= 0.6 is 0 Å². The molecule has 1 aromatic rings. The van der Waals surface area contributed by atoms with Gasteiger partial charge in [-0.25, -0.2) is 4.39 Å². The Kier molecular flexibility index (Phi) is 6.34. The van der Waals surface area contributed by atoms with E-state index in [0.717, 1.165) is 23.3 Å². The van der Waals surface area contributed by atoms with E-state index in [1.807, 2.05) is 25.1 Å². The van der Waals surface area contributed by atoms with Gasteiger partial charge < -0.3 is 4.74 Å². The summed E-state index contributed by atoms with van der Waals surface area (Å²) in [5.41, 5.74) is 1.16. The molecular formula is C23H31FO. The Morgan fingerprint density at radius 2 is 1.84 bits per heavy atom. The first-order valence-corrected chi connectivity index (χ1v) is 9.87. The highest BCUT2D eigenvalue weighted by atomic mass is 19.1. The first kappa shape index (κ1) is 18.2. The molecule has 25 heavy (non-hydrogen) atoms. The highest BCUT2D eigenvalue weighted by Crippen LogP contribution is 2.48. The topological polar surface area (TPSA) is 9.23 Å². The van der Waals surface area contributed by atoms with Crippen molar-refractivity contribution >= 4 is 0 Å². The van der Waals surface area contributed by atoms with Gasteiger partial charge in [0.2, 0.25) is 0 Å². The quantitative estimate of drug-likeness (QED) is 0.544. The van der Waals surface area contributed by atoms with E-state index < -0.39 is 0 Å². The number of hydrogen-bond donors (Lipinski definition) is 0. The molecule has 1 aromatic carbocycles. The van der Waals surface area contributed by atoms with Gasteiger partial charge in [0.25, 0.3) is 0 Å². The second kappa shape index (κ2) is 8.69. The van der Waals surface area contributed by atoms with Crippen molar-refractivity contribution in [2.45, 2.75) is 58.3 Å². The van der Waals surface area contributed by atoms with Gasteiger partial charge in [0.1, 0.15) is 6.61 Å². The van der Waals surface area contributed by atoms with E-state index in [9.17, 15) is 4.39 Å². The number of ether oxygens (including phenoxy) is 1. The van der Waals surface area contributed by atoms with Crippen LogP contribution in [0.25, 0.3) is 0 Å². The summed E-state index contributed by atoms with van der Waals surface area (Å²) in [6, 6.07) is 5.59. The van der Waals surface area contributed by atoms with Gasteiger partial charge in [0, 0.05) is 0 Å². The molecule has 2 heteroatoms. The molecule has 3 rings (SSSR count). The summed E-state index contributed by atoms with van der Waals surface area (Å²) < 4.78 is 19.8. The molecule has 4 atom stereocenters. The van der Waals surface area contributed by atoms with Gasteiger partial charge in [-0.2, -0.15) is 0 Å². The van der Waals surface area contributed by atoms with Crippen LogP contribution in [0.5, 0.6) is 5.75 Å². The predicted octanol–water partition coefficient (Wildman–Crippen LogP) is 6.66. The highest BCUT2D eigenvalue weighted by Gasteiger charge is 2.35. The molecule has 0 heterocycles. The Morgan fingerprint density at radius 1 is 1.04 bits per heavy atom. The average molecular weight is 342 g/mol. The van der Waals surface area contributed by atoms with Crippen LogP contribution in [-0.2, 0) is 0 Å². The van der Waals surface area contributed by atoms with Gasteiger partial charge in [-0.3, -0.25) is 0 Å². The summed E-state index contributed by atoms with van der Waals surface area (Å²) in [7, 11) is 0. The van der Waals surface area contributed by atoms with E-state index in [2.05, 4.69) is 25.1 Å². The van der Waals surface area contributed by atoms with Crippen LogP contribution in [0.4, 0.5) is 4.39 Å². The fourth-order valence-corrected chi connectivity index (χ4v) is 4.80. The fraction of sp³-hybridized carbons (Fsp3) is 0.565. The molecule has 0 N–H and O–H groups in total. The normalized spacial score (nSPS) is 29.9. The summed E-state index contributed by atoms with van der Waals surface area (Å²) in [6.07, 6.45) is 16.1. The molecule has 0 bridgehead atoms. The molecule has 2 saturated carbocycles. The number of rotatable bonds is 5. The van der Waals surface area contributed by atoms with Crippen molar-refractivity contribution in [3.63, 3.8) is 0 Å². The summed E-state index contributed by atoms with van der Waals surface area (Å²) in [6.45, 7) is 4.49. The van der Waals surface area contributed by atoms with Crippen molar-refractivity contribution in [3.8, 4) is 5.75 Å². The van der Waals surface area contributed by atoms with Gasteiger partial charge in [0.05, 0.1) is 0 Å². The first-order chi connectivity index (χ1) is 12.2. The maximum absolute atomic E-state index is 14.3. The summed E-state index contributed by atoms with van der Waals surface area (Å²) in [4.78, 5) is 0. The summed E-state index contributed by atoms with van der Waals surface area (Å²) in [5.74, 6) is 3.14. The number of hydrogen-bond acceptors (Lipinski definition) is 1. The number of fused-ring (bicyclic) bond motifs is 1. The van der Waals surface area contributed by atoms with Gasteiger partial charge in [0.15, 0.2) is 11.6 Å². The van der Waals surface area contributed by atoms with Gasteiger partial charge in [-0.05, 0) is 93.7 Å². The lowest BCUT2D eigenvalue weighted by atomic mass is 9.64. The third-order valence-corrected chi connectivity index (χ3v) is 6.12. The van der Waals surface area contributed by atoms with E-state index >= 15 is 0 Å². The van der Waals surface area contributed by atoms with Crippen LogP contribution in [0.3, 0.4) is 0 Å². The SMILES string of the molecule is CC=C[C@@H]1CC[C@@H]2CC(c3ccc(OC/C=C/C)c(F)c3)CC[C@@H]2C1. The van der Waals surface area contributed by atoms with Crippen molar-refractivity contribution in [3.05, 3.63) is 53.9 Å². The molecule has 1 unspecified atom stereocenters. The Labute approximate surface area is 152 Å². The Morgan fingerprint density at radius 3 is 2.60 bits per heavy atom. The standard InChI is InChI=1S/C23H31FO/c1-3-5-13-25-23-12-11-21(16-22(23)24)20-10-9-18-14-17(6-4-2)7-8-19(18)15-20/h3-6,11-12,16-20H,7-10,13-15H2,1-2H3/b5-3+,6-4?/t17-,18-,19-,20?/m1/s1. The lowest BCUT2D eigenvalue weighted by Gasteiger charge is -2.41. The zero-order valence-corrected chi connectivity index (χ0v) is 15.6. The molecule has 0 spiro atoms. The fourth-order valence-electron chi connectivity index (χ4n) is 4.80. The smallest absolute Gasteiger partial charge is 0.165 e. The monoisotopic (exact) mass is 342 g/mol. The lowest BCUT2D eigenvalue weighted by molar-refractivity contribution is 0.133. The second-order valence-electron chi connectivity index (χ2n) is 7.70. The highest BCUT2D eigenvalue weighted by molar-refractivity contribution is 5.32. The van der Waals surface area contributed by atoms with E-state index in [-0.39, 0.29) is 5.82 Å². The molecule has 2 aliphatic carbocycles. The number of allylic oxidation sites excluding steroid dienone is 3. The van der Waals surface area contributed by atoms with Crippen molar-refractivity contribution in [1.29, 1.82) is 0 Å². The number of halogens is 1. The zero-order valence-electron chi connectivity index (χ0n) is 15.6. The minimum atomic E-state index is -0.221. The Balaban J connectivity index is 1.61. The molecule has 0 radical (unpaired) electrons. The van der Waals surface area contributed by atoms with Crippen LogP contribution in [0.2, 0.25) is 0 Å². The third kappa shape index (κ3) is 4.54. The van der Waals surface area contributed by atoms with Crippen LogP contribution in [-0.4, -0.2) is 6.61 Å². The van der Waals surface area contributed by atoms with E-state index in [0.29, 0.717) is 18.3 Å². The molecule has 2 fully saturated rings. The van der Waals surface area contributed by atoms with Crippen molar-refractivity contribution < 1.29 is 9.13 Å². The molecule has 0 aliphatic heterocycles. The minimum absolute atomic E-state index is 0.221. The average Bonchev–Trinajstić information content (AvgIpc) is 2.63. The van der Waals surface area contributed by atoms with E-state index in [1.165, 1.54) is 38.5 Å². The second-order valence-corrected chi connectivity index (χ2v) is 7.70. The van der Waals surface area contributed by atoms with E-state index in [1.54, 1.807) is 6.07 Å². The van der Waals surface area contributed by atoms with Crippen molar-refractivity contribution in [2.75, 3.05) is 6.61 Å². The predicted molar refractivity (Wildman–Crippen MR) is 102 cm³/mol. The maximum Gasteiger partial charge on any atom is 0.165 e. The molecule has 0 amide bonds. The van der Waals surface area contributed by atoms with Gasteiger partial charge in [-0.15, -0.1) is 0 Å². The first-order valence-electron chi connectivity index (χ1n) is 9.87. The Hall–Kier alpha value is -1.57. The molecular weight excluding hydrogens is 311 g/mol. The molecule has 136 valence electrons. The molecule has 2 aliphatic rings. The minimum Gasteiger partial charge on any atom is -0.486 e. The lowest BCUT2D eigenvalue weighted by Crippen LogP contribution is -2.30. The maximum atomic E-state index is 14.3. The Bertz CT molecular complexity index is 619. The molecule has 1 nitrogen and oxygen atoms in total. The largest absolute Gasteiger partial charge is 0.486 e. The van der Waals surface area contributed by atoms with Gasteiger partial charge >= 0.3 is 0 Å². The number of benzene rings is 1. The van der Waals surface area contributed by atoms with Crippen LogP contribution < -0.4 is 4.74 Å². The van der Waals surface area contributed by atoms with Gasteiger partial charge in [-0.1, -0.05) is 30.4 Å². The zero-order chi connectivity index (χ0) is 17.6. The van der Waals surface area contributed by atoms with E-state index in [4.69, 9.17) is 4.74 Å².